The maximum Gasteiger partial charge on any atom is 0.253 e. The molecule has 0 aliphatic carbocycles. The van der Waals surface area contributed by atoms with Crippen molar-refractivity contribution in [2.75, 3.05) is 43.4 Å². The van der Waals surface area contributed by atoms with Gasteiger partial charge in [0, 0.05) is 48.7 Å². The number of ether oxygens (including phenoxy) is 1. The lowest BCUT2D eigenvalue weighted by Gasteiger charge is -2.16. The fourth-order valence-corrected chi connectivity index (χ4v) is 4.07. The van der Waals surface area contributed by atoms with Crippen LogP contribution in [0.5, 0.6) is 0 Å². The average Bonchev–Trinajstić information content (AvgIpc) is 3.56. The largest absolute Gasteiger partial charge is 0.376 e. The zero-order chi connectivity index (χ0) is 23.0. The van der Waals surface area contributed by atoms with Gasteiger partial charge in [-0.05, 0) is 68.1 Å². The van der Waals surface area contributed by atoms with E-state index in [1.165, 1.54) is 0 Å². The number of nitrogens with zero attached hydrogens (tertiary/aromatic N) is 1. The monoisotopic (exact) mass is 450 g/mol. The number of amides is 3. The van der Waals surface area contributed by atoms with Crippen LogP contribution in [0.3, 0.4) is 0 Å². The van der Waals surface area contributed by atoms with Crippen LogP contribution in [0.4, 0.5) is 11.4 Å². The second-order valence-electron chi connectivity index (χ2n) is 8.40. The van der Waals surface area contributed by atoms with Gasteiger partial charge in [0.25, 0.3) is 11.8 Å². The van der Waals surface area contributed by atoms with Gasteiger partial charge in [-0.3, -0.25) is 14.4 Å². The van der Waals surface area contributed by atoms with E-state index < -0.39 is 0 Å². The number of benzene rings is 2. The molecule has 0 radical (unpaired) electrons. The van der Waals surface area contributed by atoms with E-state index in [2.05, 4.69) is 16.0 Å². The molecule has 174 valence electrons. The lowest BCUT2D eigenvalue weighted by Crippen LogP contribution is -2.31. The van der Waals surface area contributed by atoms with Crippen LogP contribution in [0.25, 0.3) is 0 Å². The normalized spacial score (nSPS) is 17.6. The maximum atomic E-state index is 12.5. The Morgan fingerprint density at radius 1 is 0.939 bits per heavy atom. The van der Waals surface area contributed by atoms with E-state index in [1.54, 1.807) is 36.4 Å². The second kappa shape index (κ2) is 11.0. The molecule has 0 saturated carbocycles. The molecule has 8 heteroatoms. The molecular weight excluding hydrogens is 420 g/mol. The molecule has 8 nitrogen and oxygen atoms in total. The lowest BCUT2D eigenvalue weighted by atomic mass is 10.1. The number of likely N-dealkylation sites (tertiary alicyclic amines) is 1. The van der Waals surface area contributed by atoms with Gasteiger partial charge >= 0.3 is 0 Å². The van der Waals surface area contributed by atoms with Gasteiger partial charge in [-0.25, -0.2) is 0 Å². The van der Waals surface area contributed by atoms with Crippen molar-refractivity contribution >= 4 is 29.1 Å². The highest BCUT2D eigenvalue weighted by Crippen LogP contribution is 2.17. The zero-order valence-corrected chi connectivity index (χ0v) is 18.6. The Kier molecular flexibility index (Phi) is 7.57. The summed E-state index contributed by atoms with van der Waals surface area (Å²) in [6, 6.07) is 14.0. The van der Waals surface area contributed by atoms with Crippen LogP contribution in [-0.2, 0) is 9.53 Å². The number of carbonyl (C=O) groups is 3. The van der Waals surface area contributed by atoms with Crippen LogP contribution in [0, 0.1) is 0 Å². The molecule has 2 fully saturated rings. The Hall–Kier alpha value is -3.39. The average molecular weight is 451 g/mol. The Morgan fingerprint density at radius 3 is 2.45 bits per heavy atom. The second-order valence-corrected chi connectivity index (χ2v) is 8.40. The van der Waals surface area contributed by atoms with Crippen molar-refractivity contribution in [1.29, 1.82) is 0 Å². The van der Waals surface area contributed by atoms with Crippen molar-refractivity contribution < 1.29 is 19.1 Å². The molecule has 3 amide bonds. The molecule has 1 unspecified atom stereocenters. The first-order valence-corrected chi connectivity index (χ1v) is 11.5. The van der Waals surface area contributed by atoms with Gasteiger partial charge in [0.15, 0.2) is 0 Å². The molecule has 2 aromatic rings. The van der Waals surface area contributed by atoms with Gasteiger partial charge in [-0.1, -0.05) is 6.07 Å². The highest BCUT2D eigenvalue weighted by Gasteiger charge is 2.19. The van der Waals surface area contributed by atoms with Gasteiger partial charge < -0.3 is 25.6 Å². The molecule has 0 aromatic heterocycles. The van der Waals surface area contributed by atoms with Gasteiger partial charge in [-0.15, -0.1) is 0 Å². The summed E-state index contributed by atoms with van der Waals surface area (Å²) >= 11 is 0. The predicted octanol–water partition coefficient (Wildman–Crippen LogP) is 2.88. The smallest absolute Gasteiger partial charge is 0.253 e. The zero-order valence-electron chi connectivity index (χ0n) is 18.6. The molecule has 2 aromatic carbocycles. The summed E-state index contributed by atoms with van der Waals surface area (Å²) in [5.74, 6) is -0.351. The minimum Gasteiger partial charge on any atom is -0.376 e. The Bertz CT molecular complexity index is 980. The van der Waals surface area contributed by atoms with E-state index >= 15 is 0 Å². The fraction of sp³-hybridized carbons (Fsp3) is 0.400. The molecular formula is C25H30N4O4. The van der Waals surface area contributed by atoms with Crippen LogP contribution in [0.1, 0.15) is 46.4 Å². The summed E-state index contributed by atoms with van der Waals surface area (Å²) < 4.78 is 5.51. The Morgan fingerprint density at radius 2 is 1.73 bits per heavy atom. The first kappa shape index (κ1) is 22.8. The molecule has 1 atom stereocenters. The highest BCUT2D eigenvalue weighted by atomic mass is 16.5. The number of rotatable bonds is 8. The summed E-state index contributed by atoms with van der Waals surface area (Å²) in [5.41, 5.74) is 2.48. The molecule has 4 rings (SSSR count). The third-order valence-electron chi connectivity index (χ3n) is 5.90. The first-order valence-electron chi connectivity index (χ1n) is 11.5. The van der Waals surface area contributed by atoms with Crippen LogP contribution >= 0.6 is 0 Å². The number of hydrogen-bond acceptors (Lipinski definition) is 5. The molecule has 2 aliphatic heterocycles. The predicted molar refractivity (Wildman–Crippen MR) is 126 cm³/mol. The third-order valence-corrected chi connectivity index (χ3v) is 5.90. The fourth-order valence-electron chi connectivity index (χ4n) is 4.07. The molecule has 0 bridgehead atoms. The number of hydrogen-bond donors (Lipinski definition) is 3. The van der Waals surface area contributed by atoms with Gasteiger partial charge in [0.05, 0.1) is 12.6 Å². The van der Waals surface area contributed by atoms with E-state index in [9.17, 15) is 14.4 Å². The minimum atomic E-state index is -0.221. The first-order chi connectivity index (χ1) is 16.1. The standard InChI is InChI=1S/C25H30N4O4/c30-23(17-26-21-6-3-5-19(15-21)25(32)29-12-1-2-13-29)28-20-10-8-18(9-11-20)24(31)27-16-22-7-4-14-33-22/h3,5-6,8-11,15,22,26H,1-2,4,7,12-14,16-17H2,(H,27,31)(H,28,30). The molecule has 33 heavy (non-hydrogen) atoms. The topological polar surface area (TPSA) is 99.8 Å². The summed E-state index contributed by atoms with van der Waals surface area (Å²) in [6.07, 6.45) is 4.19. The summed E-state index contributed by atoms with van der Waals surface area (Å²) in [5, 5.41) is 8.76. The van der Waals surface area contributed by atoms with E-state index in [4.69, 9.17) is 4.74 Å². The van der Waals surface area contributed by atoms with Crippen LogP contribution < -0.4 is 16.0 Å². The van der Waals surface area contributed by atoms with Crippen molar-refractivity contribution in [3.8, 4) is 0 Å². The van der Waals surface area contributed by atoms with E-state index in [0.717, 1.165) is 45.4 Å². The quantitative estimate of drug-likeness (QED) is 0.574. The summed E-state index contributed by atoms with van der Waals surface area (Å²) in [6.45, 7) is 2.92. The SMILES string of the molecule is O=C(CNc1cccc(C(=O)N2CCCC2)c1)Nc1ccc(C(=O)NCC2CCCO2)cc1. The van der Waals surface area contributed by atoms with Crippen molar-refractivity contribution in [3.63, 3.8) is 0 Å². The number of nitrogens with one attached hydrogen (secondary N) is 3. The van der Waals surface area contributed by atoms with Crippen molar-refractivity contribution in [2.45, 2.75) is 31.8 Å². The van der Waals surface area contributed by atoms with E-state index in [0.29, 0.717) is 29.0 Å². The van der Waals surface area contributed by atoms with Gasteiger partial charge in [0.2, 0.25) is 5.91 Å². The lowest BCUT2D eigenvalue weighted by molar-refractivity contribution is -0.114. The Balaban J connectivity index is 1.23. The molecule has 0 spiro atoms. The van der Waals surface area contributed by atoms with Crippen LogP contribution in [0.15, 0.2) is 48.5 Å². The molecule has 2 heterocycles. The van der Waals surface area contributed by atoms with Crippen LogP contribution in [-0.4, -0.2) is 61.5 Å². The number of anilines is 2. The number of carbonyl (C=O) groups excluding carboxylic acids is 3. The van der Waals surface area contributed by atoms with Crippen molar-refractivity contribution in [3.05, 3.63) is 59.7 Å². The minimum absolute atomic E-state index is 0.0282. The van der Waals surface area contributed by atoms with Crippen molar-refractivity contribution in [1.82, 2.24) is 10.2 Å². The van der Waals surface area contributed by atoms with Crippen LogP contribution in [0.2, 0.25) is 0 Å². The molecule has 2 aliphatic rings. The summed E-state index contributed by atoms with van der Waals surface area (Å²) in [4.78, 5) is 39.0. The van der Waals surface area contributed by atoms with Crippen molar-refractivity contribution in [2.24, 2.45) is 0 Å². The molecule has 2 saturated heterocycles. The third kappa shape index (κ3) is 6.32. The van der Waals surface area contributed by atoms with Gasteiger partial charge in [0.1, 0.15) is 0 Å². The highest BCUT2D eigenvalue weighted by molar-refractivity contribution is 5.97. The summed E-state index contributed by atoms with van der Waals surface area (Å²) in [7, 11) is 0. The van der Waals surface area contributed by atoms with E-state index in [-0.39, 0.29) is 30.4 Å². The van der Waals surface area contributed by atoms with Gasteiger partial charge in [-0.2, -0.15) is 0 Å². The molecule has 3 N–H and O–H groups in total. The maximum absolute atomic E-state index is 12.5. The Labute approximate surface area is 193 Å². The van der Waals surface area contributed by atoms with E-state index in [1.807, 2.05) is 17.0 Å².